The molecule has 0 spiro atoms. The topological polar surface area (TPSA) is 76.7 Å². The first kappa shape index (κ1) is 24.1. The van der Waals surface area contributed by atoms with E-state index in [2.05, 4.69) is 22.5 Å². The largest absolute Gasteiger partial charge is 0.369 e. The summed E-state index contributed by atoms with van der Waals surface area (Å²) in [6.45, 7) is 11.2. The third-order valence-corrected chi connectivity index (χ3v) is 5.56. The molecule has 0 aromatic carbocycles. The van der Waals surface area contributed by atoms with Gasteiger partial charge >= 0.3 is 0 Å². The fourth-order valence-corrected chi connectivity index (χ4v) is 3.62. The maximum atomic E-state index is 11.5. The van der Waals surface area contributed by atoms with Crippen LogP contribution in [0.4, 0.5) is 0 Å². The summed E-state index contributed by atoms with van der Waals surface area (Å²) in [5.74, 6) is 6.77. The Labute approximate surface area is 159 Å². The Morgan fingerprint density at radius 2 is 1.92 bits per heavy atom. The summed E-state index contributed by atoms with van der Waals surface area (Å²) in [4.78, 5) is 21.9. The van der Waals surface area contributed by atoms with Crippen LogP contribution in [-0.4, -0.2) is 55.4 Å². The van der Waals surface area contributed by atoms with Gasteiger partial charge < -0.3 is 20.1 Å². The SMILES string of the molecule is CC(=O)NCCSSC(C)(C)OCCOCC(=O)NCC#CC(C)C. The van der Waals surface area contributed by atoms with Gasteiger partial charge in [0, 0.05) is 25.1 Å². The Hall–Kier alpha value is -0.880. The van der Waals surface area contributed by atoms with Gasteiger partial charge in [-0.05, 0) is 13.8 Å². The lowest BCUT2D eigenvalue weighted by atomic mass is 10.2. The average molecular weight is 391 g/mol. The van der Waals surface area contributed by atoms with E-state index in [1.165, 1.54) is 6.92 Å². The van der Waals surface area contributed by atoms with Gasteiger partial charge in [0.25, 0.3) is 0 Å². The Morgan fingerprint density at radius 3 is 2.56 bits per heavy atom. The number of rotatable bonds is 12. The third kappa shape index (κ3) is 17.7. The monoisotopic (exact) mass is 390 g/mol. The van der Waals surface area contributed by atoms with Crippen molar-refractivity contribution >= 4 is 33.4 Å². The fraction of sp³-hybridized carbons (Fsp3) is 0.765. The van der Waals surface area contributed by atoms with Crippen LogP contribution in [0.3, 0.4) is 0 Å². The highest BCUT2D eigenvalue weighted by molar-refractivity contribution is 8.77. The molecule has 2 amide bonds. The van der Waals surface area contributed by atoms with Gasteiger partial charge in [0.2, 0.25) is 11.8 Å². The van der Waals surface area contributed by atoms with Crippen LogP contribution in [0.1, 0.15) is 34.6 Å². The Morgan fingerprint density at radius 1 is 1.20 bits per heavy atom. The van der Waals surface area contributed by atoms with Crippen molar-refractivity contribution in [3.05, 3.63) is 0 Å². The molecule has 0 atom stereocenters. The van der Waals surface area contributed by atoms with E-state index >= 15 is 0 Å². The first-order valence-electron chi connectivity index (χ1n) is 8.25. The van der Waals surface area contributed by atoms with Crippen molar-refractivity contribution in [3.8, 4) is 11.8 Å². The highest BCUT2D eigenvalue weighted by Crippen LogP contribution is 2.36. The molecule has 0 unspecified atom stereocenters. The summed E-state index contributed by atoms with van der Waals surface area (Å²) in [7, 11) is 3.25. The van der Waals surface area contributed by atoms with Crippen LogP contribution in [0, 0.1) is 17.8 Å². The molecule has 8 heteroatoms. The molecule has 0 aliphatic carbocycles. The summed E-state index contributed by atoms with van der Waals surface area (Å²) in [6.07, 6.45) is 0. The summed E-state index contributed by atoms with van der Waals surface area (Å²) in [5, 5.41) is 5.42. The lowest BCUT2D eigenvalue weighted by Gasteiger charge is -2.23. The first-order valence-corrected chi connectivity index (χ1v) is 10.6. The molecule has 0 radical (unpaired) electrons. The maximum absolute atomic E-state index is 11.5. The molecule has 0 heterocycles. The number of amides is 2. The number of hydrogen-bond donors (Lipinski definition) is 2. The molecule has 6 nitrogen and oxygen atoms in total. The predicted octanol–water partition coefficient (Wildman–Crippen LogP) is 2.05. The molecular weight excluding hydrogens is 360 g/mol. The Kier molecular flexibility index (Phi) is 13.8. The van der Waals surface area contributed by atoms with Crippen molar-refractivity contribution in [2.24, 2.45) is 5.92 Å². The van der Waals surface area contributed by atoms with Crippen molar-refractivity contribution in [1.82, 2.24) is 10.6 Å². The number of carbonyl (C=O) groups excluding carboxylic acids is 2. The molecule has 0 aromatic rings. The quantitative estimate of drug-likeness (QED) is 0.230. The molecule has 0 aromatic heterocycles. The van der Waals surface area contributed by atoms with E-state index in [4.69, 9.17) is 9.47 Å². The van der Waals surface area contributed by atoms with Gasteiger partial charge in [-0.1, -0.05) is 47.3 Å². The van der Waals surface area contributed by atoms with E-state index < -0.39 is 0 Å². The molecule has 2 N–H and O–H groups in total. The van der Waals surface area contributed by atoms with E-state index in [0.29, 0.717) is 32.2 Å². The van der Waals surface area contributed by atoms with E-state index in [1.54, 1.807) is 21.6 Å². The zero-order chi connectivity index (χ0) is 19.1. The summed E-state index contributed by atoms with van der Waals surface area (Å²) >= 11 is 0. The summed E-state index contributed by atoms with van der Waals surface area (Å²) < 4.78 is 11.0. The molecule has 0 aliphatic rings. The smallest absolute Gasteiger partial charge is 0.246 e. The number of nitrogens with one attached hydrogen (secondary N) is 2. The van der Waals surface area contributed by atoms with Crippen LogP contribution in [0.5, 0.6) is 0 Å². The van der Waals surface area contributed by atoms with Gasteiger partial charge in [0.15, 0.2) is 0 Å². The van der Waals surface area contributed by atoms with Crippen molar-refractivity contribution in [1.29, 1.82) is 0 Å². The second-order valence-electron chi connectivity index (χ2n) is 5.94. The standard InChI is InChI=1S/C17H30N2O4S2/c1-14(2)7-6-8-19-16(21)13-22-10-11-23-17(4,5)25-24-12-9-18-15(3)20/h14H,8-13H2,1-5H3,(H,18,20)(H,19,21). The molecule has 0 rings (SSSR count). The molecular formula is C17H30N2O4S2. The van der Waals surface area contributed by atoms with Crippen molar-refractivity contribution in [2.45, 2.75) is 39.6 Å². The predicted molar refractivity (Wildman–Crippen MR) is 105 cm³/mol. The van der Waals surface area contributed by atoms with Crippen molar-refractivity contribution < 1.29 is 19.1 Å². The minimum atomic E-state index is -0.362. The van der Waals surface area contributed by atoms with Crippen LogP contribution >= 0.6 is 21.6 Å². The lowest BCUT2D eigenvalue weighted by molar-refractivity contribution is -0.126. The zero-order valence-corrected chi connectivity index (χ0v) is 17.4. The van der Waals surface area contributed by atoms with Crippen molar-refractivity contribution in [2.75, 3.05) is 38.7 Å². The summed E-state index contributed by atoms with van der Waals surface area (Å²) in [6, 6.07) is 0. The van der Waals surface area contributed by atoms with E-state index in [-0.39, 0.29) is 23.4 Å². The van der Waals surface area contributed by atoms with Gasteiger partial charge in [-0.25, -0.2) is 0 Å². The number of carbonyl (C=O) groups is 2. The molecule has 25 heavy (non-hydrogen) atoms. The highest BCUT2D eigenvalue weighted by Gasteiger charge is 2.19. The number of ether oxygens (including phenoxy) is 2. The normalized spacial score (nSPS) is 11.0. The zero-order valence-electron chi connectivity index (χ0n) is 15.8. The minimum Gasteiger partial charge on any atom is -0.369 e. The van der Waals surface area contributed by atoms with Gasteiger partial charge in [-0.3, -0.25) is 9.59 Å². The van der Waals surface area contributed by atoms with Gasteiger partial charge in [-0.2, -0.15) is 0 Å². The molecule has 0 saturated carbocycles. The summed E-state index contributed by atoms with van der Waals surface area (Å²) in [5.41, 5.74) is 0. The molecule has 0 bridgehead atoms. The first-order chi connectivity index (χ1) is 11.7. The average Bonchev–Trinajstić information content (AvgIpc) is 2.50. The molecule has 144 valence electrons. The maximum Gasteiger partial charge on any atom is 0.246 e. The van der Waals surface area contributed by atoms with Crippen LogP contribution in [0.2, 0.25) is 0 Å². The van der Waals surface area contributed by atoms with E-state index in [9.17, 15) is 9.59 Å². The number of hydrogen-bond acceptors (Lipinski definition) is 6. The Bertz CT molecular complexity index is 459. The van der Waals surface area contributed by atoms with Crippen LogP contribution in [0.25, 0.3) is 0 Å². The van der Waals surface area contributed by atoms with Crippen molar-refractivity contribution in [3.63, 3.8) is 0 Å². The van der Waals surface area contributed by atoms with E-state index in [1.807, 2.05) is 27.7 Å². The van der Waals surface area contributed by atoms with Gasteiger partial charge in [0.05, 0.1) is 19.8 Å². The second kappa shape index (κ2) is 14.3. The van der Waals surface area contributed by atoms with E-state index in [0.717, 1.165) is 5.75 Å². The fourth-order valence-electron chi connectivity index (χ4n) is 1.44. The van der Waals surface area contributed by atoms with Gasteiger partial charge in [-0.15, -0.1) is 0 Å². The Balaban J connectivity index is 3.63. The van der Waals surface area contributed by atoms with Gasteiger partial charge in [0.1, 0.15) is 11.5 Å². The molecule has 0 saturated heterocycles. The lowest BCUT2D eigenvalue weighted by Crippen LogP contribution is -2.29. The van der Waals surface area contributed by atoms with Crippen LogP contribution < -0.4 is 10.6 Å². The molecule has 0 aliphatic heterocycles. The second-order valence-corrected chi connectivity index (χ2v) is 8.94. The molecule has 0 fully saturated rings. The minimum absolute atomic E-state index is 0.00571. The highest BCUT2D eigenvalue weighted by atomic mass is 33.1. The van der Waals surface area contributed by atoms with Crippen LogP contribution in [0.15, 0.2) is 0 Å². The van der Waals surface area contributed by atoms with Crippen LogP contribution in [-0.2, 0) is 19.1 Å². The third-order valence-electron chi connectivity index (χ3n) is 2.49.